The minimum atomic E-state index is -0.156. The van der Waals surface area contributed by atoms with Crippen molar-refractivity contribution < 1.29 is 9.53 Å². The van der Waals surface area contributed by atoms with E-state index < -0.39 is 0 Å². The zero-order valence-electron chi connectivity index (χ0n) is 6.39. The van der Waals surface area contributed by atoms with Crippen LogP contribution in [0.15, 0.2) is 0 Å². The van der Waals surface area contributed by atoms with Crippen molar-refractivity contribution in [2.24, 2.45) is 0 Å². The fourth-order valence-corrected chi connectivity index (χ4v) is 0.770. The molecule has 0 N–H and O–H groups in total. The van der Waals surface area contributed by atoms with Crippen LogP contribution in [0.4, 0.5) is 0 Å². The van der Waals surface area contributed by atoms with Gasteiger partial charge in [-0.3, -0.25) is 4.79 Å². The van der Waals surface area contributed by atoms with Gasteiger partial charge in [-0.1, -0.05) is 13.3 Å². The number of hydrogen-bond donors (Lipinski definition) is 0. The van der Waals surface area contributed by atoms with Gasteiger partial charge < -0.3 is 4.74 Å². The number of hydrogen-bond acceptors (Lipinski definition) is 2. The molecule has 0 amide bonds. The zero-order valence-corrected chi connectivity index (χ0v) is 7.98. The number of rotatable bonds is 4. The van der Waals surface area contributed by atoms with Gasteiger partial charge >= 0.3 is 5.97 Å². The Kier molecular flexibility index (Phi) is 5.69. The van der Waals surface area contributed by atoms with Crippen molar-refractivity contribution in [2.45, 2.75) is 38.1 Å². The first-order chi connectivity index (χ1) is 4.66. The van der Waals surface area contributed by atoms with Crippen molar-refractivity contribution in [1.29, 1.82) is 0 Å². The molecule has 0 aliphatic carbocycles. The third kappa shape index (κ3) is 6.08. The largest absolute Gasteiger partial charge is 0.451 e. The first-order valence-electron chi connectivity index (χ1n) is 3.50. The molecule has 0 rings (SSSR count). The van der Waals surface area contributed by atoms with Crippen LogP contribution in [0, 0.1) is 0 Å². The van der Waals surface area contributed by atoms with Crippen LogP contribution < -0.4 is 0 Å². The number of esters is 1. The molecule has 0 aromatic rings. The van der Waals surface area contributed by atoms with Gasteiger partial charge in [-0.25, -0.2) is 0 Å². The second kappa shape index (κ2) is 5.71. The minimum absolute atomic E-state index is 0.119. The molecule has 1 atom stereocenters. The fraction of sp³-hybridized carbons (Fsp3) is 0.857. The molecule has 10 heavy (non-hydrogen) atoms. The van der Waals surface area contributed by atoms with Gasteiger partial charge in [0.25, 0.3) is 0 Å². The van der Waals surface area contributed by atoms with E-state index in [1.807, 2.05) is 6.92 Å². The van der Waals surface area contributed by atoms with Gasteiger partial charge in [0, 0.05) is 6.42 Å². The van der Waals surface area contributed by atoms with E-state index >= 15 is 0 Å². The molecule has 1 unspecified atom stereocenters. The predicted octanol–water partition coefficient (Wildman–Crippen LogP) is 2.46. The smallest absolute Gasteiger partial charge is 0.306 e. The van der Waals surface area contributed by atoms with E-state index in [2.05, 4.69) is 15.9 Å². The van der Waals surface area contributed by atoms with Crippen molar-refractivity contribution in [3.05, 3.63) is 0 Å². The SMILES string of the molecule is CCCCC(=O)OC(C)Br. The van der Waals surface area contributed by atoms with Crippen molar-refractivity contribution in [3.8, 4) is 0 Å². The van der Waals surface area contributed by atoms with Gasteiger partial charge in [-0.2, -0.15) is 0 Å². The third-order valence-corrected chi connectivity index (χ3v) is 1.22. The monoisotopic (exact) mass is 208 g/mol. The lowest BCUT2D eigenvalue weighted by Crippen LogP contribution is -2.08. The topological polar surface area (TPSA) is 26.3 Å². The number of halogens is 1. The molecule has 0 bridgehead atoms. The maximum absolute atomic E-state index is 10.8. The van der Waals surface area contributed by atoms with E-state index in [1.165, 1.54) is 0 Å². The molecular formula is C7H13BrO2. The van der Waals surface area contributed by atoms with Gasteiger partial charge in [0.1, 0.15) is 0 Å². The fourth-order valence-electron chi connectivity index (χ4n) is 0.561. The van der Waals surface area contributed by atoms with Crippen molar-refractivity contribution in [2.75, 3.05) is 0 Å². The Balaban J connectivity index is 3.26. The van der Waals surface area contributed by atoms with E-state index in [9.17, 15) is 4.79 Å². The highest BCUT2D eigenvalue weighted by atomic mass is 79.9. The summed E-state index contributed by atoms with van der Waals surface area (Å²) in [5.41, 5.74) is 0. The second-order valence-corrected chi connectivity index (χ2v) is 3.43. The summed E-state index contributed by atoms with van der Waals surface area (Å²) in [6, 6.07) is 0. The Bertz CT molecular complexity index is 102. The summed E-state index contributed by atoms with van der Waals surface area (Å²) in [4.78, 5) is 10.8. The van der Waals surface area contributed by atoms with Crippen LogP contribution in [0.1, 0.15) is 33.1 Å². The average Bonchev–Trinajstić information content (AvgIpc) is 1.82. The summed E-state index contributed by atoms with van der Waals surface area (Å²) < 4.78 is 4.83. The Morgan fingerprint density at radius 1 is 1.70 bits per heavy atom. The summed E-state index contributed by atoms with van der Waals surface area (Å²) in [5.74, 6) is -0.119. The summed E-state index contributed by atoms with van der Waals surface area (Å²) >= 11 is 3.12. The molecule has 0 fully saturated rings. The average molecular weight is 209 g/mol. The molecule has 0 aliphatic rings. The normalized spacial score (nSPS) is 12.7. The maximum atomic E-state index is 10.8. The minimum Gasteiger partial charge on any atom is -0.451 e. The molecule has 0 aromatic heterocycles. The van der Waals surface area contributed by atoms with E-state index in [4.69, 9.17) is 4.74 Å². The molecule has 0 spiro atoms. The maximum Gasteiger partial charge on any atom is 0.306 e. The van der Waals surface area contributed by atoms with Crippen LogP contribution in [-0.4, -0.2) is 11.0 Å². The molecule has 60 valence electrons. The molecule has 0 aliphatic heterocycles. The molecule has 0 saturated heterocycles. The van der Waals surface area contributed by atoms with E-state index in [1.54, 1.807) is 6.92 Å². The van der Waals surface area contributed by atoms with Gasteiger partial charge in [0.2, 0.25) is 0 Å². The van der Waals surface area contributed by atoms with Crippen molar-refractivity contribution >= 4 is 21.9 Å². The lowest BCUT2D eigenvalue weighted by atomic mass is 10.3. The molecule has 0 saturated carbocycles. The lowest BCUT2D eigenvalue weighted by Gasteiger charge is -2.04. The van der Waals surface area contributed by atoms with Crippen LogP contribution in [0.2, 0.25) is 0 Å². The number of alkyl halides is 1. The molecule has 3 heteroatoms. The van der Waals surface area contributed by atoms with Crippen LogP contribution >= 0.6 is 15.9 Å². The first kappa shape index (κ1) is 9.95. The quantitative estimate of drug-likeness (QED) is 0.525. The Morgan fingerprint density at radius 2 is 2.30 bits per heavy atom. The zero-order chi connectivity index (χ0) is 7.98. The molecule has 0 heterocycles. The number of ether oxygens (including phenoxy) is 1. The second-order valence-electron chi connectivity index (χ2n) is 2.14. The lowest BCUT2D eigenvalue weighted by molar-refractivity contribution is -0.144. The van der Waals surface area contributed by atoms with Crippen molar-refractivity contribution in [1.82, 2.24) is 0 Å². The van der Waals surface area contributed by atoms with E-state index in [0.717, 1.165) is 12.8 Å². The van der Waals surface area contributed by atoms with Gasteiger partial charge in [-0.15, -0.1) is 0 Å². The number of carbonyl (C=O) groups is 1. The summed E-state index contributed by atoms with van der Waals surface area (Å²) in [7, 11) is 0. The molecule has 2 nitrogen and oxygen atoms in total. The Morgan fingerprint density at radius 3 is 2.70 bits per heavy atom. The number of unbranched alkanes of at least 4 members (excludes halogenated alkanes) is 1. The third-order valence-electron chi connectivity index (χ3n) is 1.03. The standard InChI is InChI=1S/C7H13BrO2/c1-3-4-5-7(9)10-6(2)8/h6H,3-5H2,1-2H3. The summed E-state index contributed by atoms with van der Waals surface area (Å²) in [6.45, 7) is 3.83. The van der Waals surface area contributed by atoms with Gasteiger partial charge in [-0.05, 0) is 29.3 Å². The summed E-state index contributed by atoms with van der Waals surface area (Å²) in [6.07, 6.45) is 2.48. The Hall–Kier alpha value is -0.0500. The molecule has 0 radical (unpaired) electrons. The van der Waals surface area contributed by atoms with Crippen LogP contribution in [0.3, 0.4) is 0 Å². The Labute approximate surface area is 70.1 Å². The highest BCUT2D eigenvalue weighted by Crippen LogP contribution is 2.03. The highest BCUT2D eigenvalue weighted by Gasteiger charge is 2.03. The van der Waals surface area contributed by atoms with Gasteiger partial charge in [0.05, 0.1) is 0 Å². The van der Waals surface area contributed by atoms with Crippen LogP contribution in [0.5, 0.6) is 0 Å². The van der Waals surface area contributed by atoms with Gasteiger partial charge in [0.15, 0.2) is 5.01 Å². The molecule has 0 aromatic carbocycles. The van der Waals surface area contributed by atoms with E-state index in [0.29, 0.717) is 6.42 Å². The summed E-state index contributed by atoms with van der Waals surface area (Å²) in [5, 5.41) is -0.156. The number of carbonyl (C=O) groups excluding carboxylic acids is 1. The predicted molar refractivity (Wildman–Crippen MR) is 44.0 cm³/mol. The first-order valence-corrected chi connectivity index (χ1v) is 4.42. The van der Waals surface area contributed by atoms with Crippen LogP contribution in [0.25, 0.3) is 0 Å². The van der Waals surface area contributed by atoms with Crippen LogP contribution in [-0.2, 0) is 9.53 Å². The van der Waals surface area contributed by atoms with Crippen molar-refractivity contribution in [3.63, 3.8) is 0 Å². The molecular weight excluding hydrogens is 196 g/mol. The highest BCUT2D eigenvalue weighted by molar-refractivity contribution is 9.09. The van der Waals surface area contributed by atoms with E-state index in [-0.39, 0.29) is 11.0 Å².